The number of thioether (sulfide) groups is 1. The molecule has 35 heavy (non-hydrogen) atoms. The van der Waals surface area contributed by atoms with Gasteiger partial charge in [-0.1, -0.05) is 53.9 Å². The Balaban J connectivity index is 1.56. The van der Waals surface area contributed by atoms with Crippen molar-refractivity contribution in [3.63, 3.8) is 0 Å². The molecule has 180 valence electrons. The number of amidine groups is 1. The zero-order valence-electron chi connectivity index (χ0n) is 18.6. The summed E-state index contributed by atoms with van der Waals surface area (Å²) in [6.07, 6.45) is 2.53. The summed E-state index contributed by atoms with van der Waals surface area (Å²) < 4.78 is 18.9. The van der Waals surface area contributed by atoms with Gasteiger partial charge < -0.3 is 4.74 Å². The van der Waals surface area contributed by atoms with Crippen LogP contribution in [0.25, 0.3) is 6.08 Å². The minimum atomic E-state index is -0.319. The number of nitrogens with zero attached hydrogens (tertiary/aromatic N) is 2. The lowest BCUT2D eigenvalue weighted by atomic mass is 10.2. The molecule has 0 atom stereocenters. The number of benzene rings is 3. The SMILES string of the molecule is CCCN1C(=O)/C(=C/c2cc(Cl)c(OCc3ccc(F)cc3)c(Cl)c2)SC1=Nc1ccc(Cl)cc1. The number of halogens is 4. The van der Waals surface area contributed by atoms with Crippen molar-refractivity contribution < 1.29 is 13.9 Å². The molecule has 4 rings (SSSR count). The summed E-state index contributed by atoms with van der Waals surface area (Å²) in [6.45, 7) is 2.74. The highest BCUT2D eigenvalue weighted by molar-refractivity contribution is 8.18. The Labute approximate surface area is 222 Å². The van der Waals surface area contributed by atoms with Crippen LogP contribution in [0.5, 0.6) is 5.75 Å². The molecule has 0 N–H and O–H groups in total. The smallest absolute Gasteiger partial charge is 0.266 e. The van der Waals surface area contributed by atoms with Gasteiger partial charge in [-0.15, -0.1) is 0 Å². The fraction of sp³-hybridized carbons (Fsp3) is 0.154. The lowest BCUT2D eigenvalue weighted by Crippen LogP contribution is -2.29. The van der Waals surface area contributed by atoms with Crippen molar-refractivity contribution in [2.24, 2.45) is 4.99 Å². The van der Waals surface area contributed by atoms with Gasteiger partial charge >= 0.3 is 0 Å². The molecule has 1 fully saturated rings. The first-order valence-corrected chi connectivity index (χ1v) is 12.7. The molecule has 1 saturated heterocycles. The molecule has 0 unspecified atom stereocenters. The minimum Gasteiger partial charge on any atom is -0.486 e. The summed E-state index contributed by atoms with van der Waals surface area (Å²) >= 11 is 20.1. The van der Waals surface area contributed by atoms with E-state index in [2.05, 4.69) is 4.99 Å². The van der Waals surface area contributed by atoms with Crippen molar-refractivity contribution in [3.05, 3.63) is 97.6 Å². The lowest BCUT2D eigenvalue weighted by molar-refractivity contribution is -0.122. The Morgan fingerprint density at radius 3 is 2.31 bits per heavy atom. The van der Waals surface area contributed by atoms with E-state index in [1.54, 1.807) is 59.5 Å². The molecular formula is C26H20Cl3FN2O2S. The van der Waals surface area contributed by atoms with Gasteiger partial charge in [0.15, 0.2) is 10.9 Å². The van der Waals surface area contributed by atoms with E-state index < -0.39 is 0 Å². The maximum absolute atomic E-state index is 13.1. The first kappa shape index (κ1) is 25.6. The minimum absolute atomic E-state index is 0.131. The summed E-state index contributed by atoms with van der Waals surface area (Å²) in [5.74, 6) is -0.128. The van der Waals surface area contributed by atoms with Crippen molar-refractivity contribution in [1.29, 1.82) is 0 Å². The standard InChI is InChI=1S/C26H20Cl3FN2O2S/c1-2-11-32-25(33)23(35-26(32)31-20-9-5-18(27)6-10-20)14-17-12-21(28)24(22(29)13-17)34-15-16-3-7-19(30)8-4-16/h3-10,12-14H,2,11,15H2,1H3/b23-14-,31-26?. The zero-order valence-corrected chi connectivity index (χ0v) is 21.7. The highest BCUT2D eigenvalue weighted by atomic mass is 35.5. The fourth-order valence-electron chi connectivity index (χ4n) is 3.33. The van der Waals surface area contributed by atoms with Crippen LogP contribution in [0.15, 0.2) is 70.6 Å². The summed E-state index contributed by atoms with van der Waals surface area (Å²) in [5.41, 5.74) is 2.15. The van der Waals surface area contributed by atoms with Crippen LogP contribution in [0.1, 0.15) is 24.5 Å². The maximum Gasteiger partial charge on any atom is 0.266 e. The Hall–Kier alpha value is -2.51. The highest BCUT2D eigenvalue weighted by Crippen LogP contribution is 2.38. The van der Waals surface area contributed by atoms with Gasteiger partial charge in [0.25, 0.3) is 5.91 Å². The van der Waals surface area contributed by atoms with Crippen molar-refractivity contribution in [2.45, 2.75) is 20.0 Å². The molecule has 4 nitrogen and oxygen atoms in total. The lowest BCUT2D eigenvalue weighted by Gasteiger charge is -2.14. The number of hydrogen-bond donors (Lipinski definition) is 0. The van der Waals surface area contributed by atoms with Crippen LogP contribution in [0.2, 0.25) is 15.1 Å². The van der Waals surface area contributed by atoms with Crippen molar-refractivity contribution in [2.75, 3.05) is 6.54 Å². The van der Waals surface area contributed by atoms with Crippen molar-refractivity contribution in [3.8, 4) is 5.75 Å². The molecule has 1 amide bonds. The van der Waals surface area contributed by atoms with E-state index in [0.29, 0.717) is 48.7 Å². The summed E-state index contributed by atoms with van der Waals surface area (Å²) in [6, 6.07) is 16.5. The van der Waals surface area contributed by atoms with Crippen LogP contribution in [-0.4, -0.2) is 22.5 Å². The second-order valence-corrected chi connectivity index (χ2v) is 9.93. The number of ether oxygens (including phenoxy) is 1. The predicted molar refractivity (Wildman–Crippen MR) is 143 cm³/mol. The third kappa shape index (κ3) is 6.39. The first-order valence-electron chi connectivity index (χ1n) is 10.8. The summed E-state index contributed by atoms with van der Waals surface area (Å²) in [5, 5.41) is 1.83. The predicted octanol–water partition coefficient (Wildman–Crippen LogP) is 8.38. The maximum atomic E-state index is 13.1. The van der Waals surface area contributed by atoms with Gasteiger partial charge in [-0.2, -0.15) is 0 Å². The molecule has 0 bridgehead atoms. The van der Waals surface area contributed by atoms with Crippen LogP contribution in [0.4, 0.5) is 10.1 Å². The van der Waals surface area contributed by atoms with Crippen LogP contribution in [0.3, 0.4) is 0 Å². The van der Waals surface area contributed by atoms with E-state index in [4.69, 9.17) is 39.5 Å². The monoisotopic (exact) mass is 548 g/mol. The van der Waals surface area contributed by atoms with Gasteiger partial charge in [-0.3, -0.25) is 9.69 Å². The molecule has 0 radical (unpaired) electrons. The number of aliphatic imine (C=N–C) groups is 1. The first-order chi connectivity index (χ1) is 16.8. The topological polar surface area (TPSA) is 41.9 Å². The zero-order chi connectivity index (χ0) is 24.9. The van der Waals surface area contributed by atoms with E-state index in [1.165, 1.54) is 23.9 Å². The Bertz CT molecular complexity index is 1270. The molecule has 3 aromatic rings. The highest BCUT2D eigenvalue weighted by Gasteiger charge is 2.32. The molecule has 0 saturated carbocycles. The van der Waals surface area contributed by atoms with Gasteiger partial charge in [-0.25, -0.2) is 9.38 Å². The molecule has 1 aliphatic heterocycles. The Morgan fingerprint density at radius 1 is 1.03 bits per heavy atom. The van der Waals surface area contributed by atoms with Gasteiger partial charge in [0.1, 0.15) is 12.4 Å². The van der Waals surface area contributed by atoms with Crippen molar-refractivity contribution >= 4 is 69.4 Å². The van der Waals surface area contributed by atoms with E-state index in [-0.39, 0.29) is 18.3 Å². The third-order valence-electron chi connectivity index (χ3n) is 5.00. The number of carbonyl (C=O) groups is 1. The van der Waals surface area contributed by atoms with Gasteiger partial charge in [0.05, 0.1) is 20.6 Å². The number of carbonyl (C=O) groups excluding carboxylic acids is 1. The molecule has 1 aliphatic rings. The molecule has 0 spiro atoms. The average molecular weight is 550 g/mol. The van der Waals surface area contributed by atoms with Crippen LogP contribution >= 0.6 is 46.6 Å². The molecule has 9 heteroatoms. The molecule has 0 aliphatic carbocycles. The van der Waals surface area contributed by atoms with E-state index in [9.17, 15) is 9.18 Å². The van der Waals surface area contributed by atoms with Gasteiger partial charge in [0.2, 0.25) is 0 Å². The normalized spacial score (nSPS) is 15.9. The number of amides is 1. The number of hydrogen-bond acceptors (Lipinski definition) is 4. The van der Waals surface area contributed by atoms with Crippen LogP contribution in [0, 0.1) is 5.82 Å². The van der Waals surface area contributed by atoms with Gasteiger partial charge in [0, 0.05) is 11.6 Å². The number of rotatable bonds is 7. The van der Waals surface area contributed by atoms with E-state index in [0.717, 1.165) is 12.0 Å². The second-order valence-electron chi connectivity index (χ2n) is 7.67. The van der Waals surface area contributed by atoms with Gasteiger partial charge in [-0.05, 0) is 83.9 Å². The quantitative estimate of drug-likeness (QED) is 0.278. The third-order valence-corrected chi connectivity index (χ3v) is 6.82. The summed E-state index contributed by atoms with van der Waals surface area (Å²) in [4.78, 5) is 19.9. The largest absolute Gasteiger partial charge is 0.486 e. The van der Waals surface area contributed by atoms with Crippen molar-refractivity contribution in [1.82, 2.24) is 4.90 Å². The fourth-order valence-corrected chi connectivity index (χ4v) is 5.09. The second kappa shape index (κ2) is 11.5. The van der Waals surface area contributed by atoms with E-state index in [1.807, 2.05) is 6.92 Å². The molecular weight excluding hydrogens is 530 g/mol. The molecule has 3 aromatic carbocycles. The Kier molecular flexibility index (Phi) is 8.39. The van der Waals surface area contributed by atoms with E-state index >= 15 is 0 Å². The molecule has 1 heterocycles. The van der Waals surface area contributed by atoms with Crippen LogP contribution < -0.4 is 4.74 Å². The Morgan fingerprint density at radius 2 is 1.69 bits per heavy atom. The average Bonchev–Trinajstić information content (AvgIpc) is 3.10. The summed E-state index contributed by atoms with van der Waals surface area (Å²) in [7, 11) is 0. The van der Waals surface area contributed by atoms with Crippen LogP contribution in [-0.2, 0) is 11.4 Å². The molecule has 0 aromatic heterocycles.